The van der Waals surface area contributed by atoms with Gasteiger partial charge in [0.25, 0.3) is 0 Å². The van der Waals surface area contributed by atoms with Gasteiger partial charge in [-0.25, -0.2) is 4.98 Å². The Morgan fingerprint density at radius 2 is 0.745 bits per heavy atom. The third-order valence-electron chi connectivity index (χ3n) is 10.5. The third kappa shape index (κ3) is 4.11. The van der Waals surface area contributed by atoms with Crippen LogP contribution in [0, 0.1) is 0 Å². The second-order valence-electron chi connectivity index (χ2n) is 13.3. The van der Waals surface area contributed by atoms with Crippen LogP contribution in [0.1, 0.15) is 0 Å². The Bertz CT molecular complexity index is 3090. The third-order valence-corrected chi connectivity index (χ3v) is 10.5. The number of fused-ring (bicyclic) bond motifs is 9. The molecule has 0 aliphatic rings. The van der Waals surface area contributed by atoms with Gasteiger partial charge in [0.15, 0.2) is 0 Å². The quantitative estimate of drug-likeness (QED) is 0.186. The Balaban J connectivity index is 1.09. The van der Waals surface area contributed by atoms with E-state index in [2.05, 4.69) is 184 Å². The maximum Gasteiger partial charge on any atom is 0.145 e. The Morgan fingerprint density at radius 1 is 0.294 bits per heavy atom. The van der Waals surface area contributed by atoms with Crippen molar-refractivity contribution in [2.45, 2.75) is 0 Å². The van der Waals surface area contributed by atoms with Crippen LogP contribution in [0.2, 0.25) is 0 Å². The number of rotatable bonds is 4. The van der Waals surface area contributed by atoms with Crippen molar-refractivity contribution in [2.75, 3.05) is 0 Å². The smallest absolute Gasteiger partial charge is 0.145 e. The zero-order valence-electron chi connectivity index (χ0n) is 27.6. The first-order valence-electron chi connectivity index (χ1n) is 17.4. The number of para-hydroxylation sites is 4. The summed E-state index contributed by atoms with van der Waals surface area (Å²) in [6, 6.07) is 63.5. The van der Waals surface area contributed by atoms with E-state index in [-0.39, 0.29) is 0 Å². The number of aromatic nitrogens is 4. The highest BCUT2D eigenvalue weighted by Gasteiger charge is 2.18. The van der Waals surface area contributed by atoms with Gasteiger partial charge < -0.3 is 9.13 Å². The fourth-order valence-corrected chi connectivity index (χ4v) is 8.27. The van der Waals surface area contributed by atoms with Gasteiger partial charge in [-0.1, -0.05) is 91.0 Å². The van der Waals surface area contributed by atoms with Crippen molar-refractivity contribution >= 4 is 65.5 Å². The minimum Gasteiger partial charge on any atom is -0.309 e. The van der Waals surface area contributed by atoms with E-state index in [1.165, 1.54) is 65.8 Å². The summed E-state index contributed by atoms with van der Waals surface area (Å²) in [7, 11) is 0. The second-order valence-corrected chi connectivity index (χ2v) is 13.3. The molecule has 0 bridgehead atoms. The fraction of sp³-hybridized carbons (Fsp3) is 0. The zero-order chi connectivity index (χ0) is 33.5. The zero-order valence-corrected chi connectivity index (χ0v) is 27.6. The molecule has 4 heterocycles. The molecule has 0 amide bonds. The van der Waals surface area contributed by atoms with E-state index in [1.54, 1.807) is 0 Å². The molecule has 0 fully saturated rings. The van der Waals surface area contributed by atoms with Crippen LogP contribution in [0.3, 0.4) is 0 Å². The van der Waals surface area contributed by atoms with Crippen molar-refractivity contribution in [1.29, 1.82) is 0 Å². The van der Waals surface area contributed by atoms with Gasteiger partial charge in [0.1, 0.15) is 5.65 Å². The lowest BCUT2D eigenvalue weighted by Gasteiger charge is -2.12. The van der Waals surface area contributed by atoms with Gasteiger partial charge >= 0.3 is 0 Å². The van der Waals surface area contributed by atoms with E-state index >= 15 is 0 Å². The predicted molar refractivity (Wildman–Crippen MR) is 213 cm³/mol. The molecular weight excluding hydrogens is 621 g/mol. The molecule has 0 radical (unpaired) electrons. The van der Waals surface area contributed by atoms with Gasteiger partial charge in [0, 0.05) is 55.6 Å². The number of benzene rings is 7. The Labute approximate surface area is 293 Å². The second kappa shape index (κ2) is 10.8. The maximum atomic E-state index is 4.95. The number of pyridine rings is 1. The summed E-state index contributed by atoms with van der Waals surface area (Å²) in [4.78, 5) is 4.95. The molecule has 0 N–H and O–H groups in total. The first-order chi connectivity index (χ1) is 25.3. The van der Waals surface area contributed by atoms with E-state index in [4.69, 9.17) is 4.98 Å². The Morgan fingerprint density at radius 3 is 1.39 bits per heavy atom. The first-order valence-corrected chi connectivity index (χ1v) is 17.4. The van der Waals surface area contributed by atoms with Crippen molar-refractivity contribution in [2.24, 2.45) is 0 Å². The minimum atomic E-state index is 0.949. The summed E-state index contributed by atoms with van der Waals surface area (Å²) in [6.07, 6.45) is 1.89. The normalized spacial score (nSPS) is 11.9. The largest absolute Gasteiger partial charge is 0.309 e. The van der Waals surface area contributed by atoms with E-state index < -0.39 is 0 Å². The molecule has 11 aromatic rings. The van der Waals surface area contributed by atoms with Gasteiger partial charge in [-0.05, 0) is 96.1 Å². The highest BCUT2D eigenvalue weighted by Crippen LogP contribution is 2.39. The lowest BCUT2D eigenvalue weighted by Crippen LogP contribution is -1.99. The van der Waals surface area contributed by atoms with Crippen molar-refractivity contribution in [3.8, 4) is 28.2 Å². The molecule has 0 spiro atoms. The van der Waals surface area contributed by atoms with Gasteiger partial charge in [-0.2, -0.15) is 0 Å². The fourth-order valence-electron chi connectivity index (χ4n) is 8.27. The van der Waals surface area contributed by atoms with Crippen LogP contribution in [0.5, 0.6) is 0 Å². The SMILES string of the molecule is c1ccc(-n2c3ccccc3c3cc(-c4ccc5c(c4)c4cccnc4n5-c4cccc(-n5c6ccccc6c6ccccc65)c4)ccc32)cc1. The first kappa shape index (κ1) is 28.0. The summed E-state index contributed by atoms with van der Waals surface area (Å²) in [5.41, 5.74) is 12.6. The molecule has 7 aromatic carbocycles. The maximum absolute atomic E-state index is 4.95. The monoisotopic (exact) mass is 650 g/mol. The van der Waals surface area contributed by atoms with Crippen LogP contribution in [-0.4, -0.2) is 18.7 Å². The lowest BCUT2D eigenvalue weighted by molar-refractivity contribution is 1.11. The lowest BCUT2D eigenvalue weighted by atomic mass is 10.0. The standard InChI is InChI=1S/C47H30N4/c1-2-12-33(13-3-1)49-44-22-9-6-18-38(44)40-28-31(23-25-45(40)49)32-24-26-46-41(29-32)39-19-11-27-48-47(39)51(46)35-15-10-14-34(30-35)50-42-20-7-4-16-36(42)37-17-5-8-21-43(37)50/h1-30H. The molecule has 0 atom stereocenters. The molecule has 0 saturated carbocycles. The number of hydrogen-bond donors (Lipinski definition) is 0. The van der Waals surface area contributed by atoms with Crippen molar-refractivity contribution in [1.82, 2.24) is 18.7 Å². The van der Waals surface area contributed by atoms with E-state index in [0.29, 0.717) is 0 Å². The van der Waals surface area contributed by atoms with E-state index in [0.717, 1.165) is 27.9 Å². The number of hydrogen-bond acceptors (Lipinski definition) is 1. The van der Waals surface area contributed by atoms with Crippen LogP contribution in [-0.2, 0) is 0 Å². The molecule has 238 valence electrons. The Hall–Kier alpha value is -6.91. The number of nitrogens with zero attached hydrogens (tertiary/aromatic N) is 4. The van der Waals surface area contributed by atoms with Crippen LogP contribution < -0.4 is 0 Å². The molecule has 0 unspecified atom stereocenters. The van der Waals surface area contributed by atoms with Gasteiger partial charge in [0.2, 0.25) is 0 Å². The van der Waals surface area contributed by atoms with Gasteiger partial charge in [-0.15, -0.1) is 0 Å². The molecule has 51 heavy (non-hydrogen) atoms. The summed E-state index contributed by atoms with van der Waals surface area (Å²) >= 11 is 0. The summed E-state index contributed by atoms with van der Waals surface area (Å²) in [5.74, 6) is 0. The molecule has 0 aliphatic heterocycles. The average molecular weight is 651 g/mol. The summed E-state index contributed by atoms with van der Waals surface area (Å²) in [5, 5.41) is 7.34. The van der Waals surface area contributed by atoms with Crippen molar-refractivity contribution < 1.29 is 0 Å². The van der Waals surface area contributed by atoms with Crippen LogP contribution in [0.25, 0.3) is 93.7 Å². The van der Waals surface area contributed by atoms with Crippen LogP contribution >= 0.6 is 0 Å². The minimum absolute atomic E-state index is 0.949. The van der Waals surface area contributed by atoms with Crippen molar-refractivity contribution in [3.05, 3.63) is 182 Å². The van der Waals surface area contributed by atoms with Gasteiger partial charge in [0.05, 0.1) is 27.6 Å². The average Bonchev–Trinajstić information content (AvgIpc) is 3.83. The Kier molecular flexibility index (Phi) is 5.92. The molecular formula is C47H30N4. The van der Waals surface area contributed by atoms with E-state index in [9.17, 15) is 0 Å². The van der Waals surface area contributed by atoms with E-state index in [1.807, 2.05) is 12.3 Å². The predicted octanol–water partition coefficient (Wildman–Crippen LogP) is 12.0. The van der Waals surface area contributed by atoms with Gasteiger partial charge in [-0.3, -0.25) is 4.57 Å². The molecule has 0 aliphatic carbocycles. The van der Waals surface area contributed by atoms with Crippen molar-refractivity contribution in [3.63, 3.8) is 0 Å². The summed E-state index contributed by atoms with van der Waals surface area (Å²) < 4.78 is 7.05. The molecule has 4 aromatic heterocycles. The molecule has 11 rings (SSSR count). The van der Waals surface area contributed by atoms with Crippen LogP contribution in [0.4, 0.5) is 0 Å². The molecule has 0 saturated heterocycles. The molecule has 4 heteroatoms. The highest BCUT2D eigenvalue weighted by atomic mass is 15.1. The topological polar surface area (TPSA) is 27.7 Å². The van der Waals surface area contributed by atoms with Crippen LogP contribution in [0.15, 0.2) is 182 Å². The highest BCUT2D eigenvalue weighted by molar-refractivity contribution is 6.12. The summed E-state index contributed by atoms with van der Waals surface area (Å²) in [6.45, 7) is 0. The molecule has 4 nitrogen and oxygen atoms in total.